The van der Waals surface area contributed by atoms with Gasteiger partial charge in [0, 0.05) is 6.54 Å². The summed E-state index contributed by atoms with van der Waals surface area (Å²) in [5.41, 5.74) is 1.74. The quantitative estimate of drug-likeness (QED) is 0.754. The minimum absolute atomic E-state index is 0.239. The van der Waals surface area contributed by atoms with E-state index >= 15 is 0 Å². The minimum Gasteiger partial charge on any atom is -0.330 e. The molecule has 14 heavy (non-hydrogen) atoms. The fourth-order valence-corrected chi connectivity index (χ4v) is 1.88. The number of nitrogens with one attached hydrogen (secondary N) is 1. The molecule has 2 rings (SSSR count). The normalized spacial score (nSPS) is 11.0. The fourth-order valence-electron chi connectivity index (χ4n) is 1.58. The van der Waals surface area contributed by atoms with Gasteiger partial charge < -0.3 is 9.55 Å². The van der Waals surface area contributed by atoms with Gasteiger partial charge >= 0.3 is 0 Å². The number of halogens is 1. The molecule has 0 aliphatic carbocycles. The Hall–Kier alpha value is -1.16. The van der Waals surface area contributed by atoms with Crippen LogP contribution in [0.15, 0.2) is 18.2 Å². The van der Waals surface area contributed by atoms with Crippen molar-refractivity contribution in [2.45, 2.75) is 19.9 Å². The standard InChI is InChI=1S/C10H11FN2S/c1-2-5-13-9-4-3-7(11)6-8(9)12-10(13)14/h3-4,6H,2,5H2,1H3,(H,12,14). The molecule has 0 unspecified atom stereocenters. The van der Waals surface area contributed by atoms with Crippen molar-refractivity contribution in [2.24, 2.45) is 0 Å². The van der Waals surface area contributed by atoms with Gasteiger partial charge in [-0.1, -0.05) is 6.92 Å². The average molecular weight is 210 g/mol. The molecule has 74 valence electrons. The van der Waals surface area contributed by atoms with E-state index in [-0.39, 0.29) is 5.82 Å². The number of aryl methyl sites for hydroxylation is 1. The van der Waals surface area contributed by atoms with Crippen LogP contribution in [0.25, 0.3) is 11.0 Å². The molecule has 0 radical (unpaired) electrons. The lowest BCUT2D eigenvalue weighted by Gasteiger charge is -2.00. The lowest BCUT2D eigenvalue weighted by atomic mass is 10.3. The molecular formula is C10H11FN2S. The second-order valence-electron chi connectivity index (χ2n) is 3.24. The van der Waals surface area contributed by atoms with Crippen molar-refractivity contribution >= 4 is 23.3 Å². The second-order valence-corrected chi connectivity index (χ2v) is 3.63. The minimum atomic E-state index is -0.239. The summed E-state index contributed by atoms with van der Waals surface area (Å²) in [7, 11) is 0. The number of aromatic nitrogens is 2. The number of fused-ring (bicyclic) bond motifs is 1. The van der Waals surface area contributed by atoms with Gasteiger partial charge in [-0.2, -0.15) is 0 Å². The van der Waals surface area contributed by atoms with Crippen molar-refractivity contribution in [3.8, 4) is 0 Å². The molecule has 0 amide bonds. The van der Waals surface area contributed by atoms with Crippen molar-refractivity contribution in [3.05, 3.63) is 28.8 Å². The molecule has 0 saturated heterocycles. The molecule has 4 heteroatoms. The average Bonchev–Trinajstić information content (AvgIpc) is 2.43. The van der Waals surface area contributed by atoms with Crippen LogP contribution in [0, 0.1) is 10.6 Å². The van der Waals surface area contributed by atoms with E-state index in [4.69, 9.17) is 12.2 Å². The molecule has 0 saturated carbocycles. The molecule has 0 atom stereocenters. The van der Waals surface area contributed by atoms with Crippen molar-refractivity contribution in [3.63, 3.8) is 0 Å². The van der Waals surface area contributed by atoms with Gasteiger partial charge in [-0.3, -0.25) is 0 Å². The molecule has 2 aromatic rings. The number of hydrogen-bond donors (Lipinski definition) is 1. The van der Waals surface area contributed by atoms with E-state index in [2.05, 4.69) is 11.9 Å². The van der Waals surface area contributed by atoms with Crippen molar-refractivity contribution in [1.29, 1.82) is 0 Å². The number of imidazole rings is 1. The SMILES string of the molecule is CCCn1c(=S)[nH]c2cc(F)ccc21. The predicted molar refractivity (Wildman–Crippen MR) is 57.4 cm³/mol. The molecule has 1 N–H and O–H groups in total. The predicted octanol–water partition coefficient (Wildman–Crippen LogP) is 3.25. The van der Waals surface area contributed by atoms with E-state index in [1.54, 1.807) is 6.07 Å². The van der Waals surface area contributed by atoms with Gasteiger partial charge in [0.2, 0.25) is 0 Å². The van der Waals surface area contributed by atoms with Gasteiger partial charge in [0.1, 0.15) is 5.82 Å². The highest BCUT2D eigenvalue weighted by Crippen LogP contribution is 2.15. The highest BCUT2D eigenvalue weighted by Gasteiger charge is 2.03. The van der Waals surface area contributed by atoms with Crippen LogP contribution < -0.4 is 0 Å². The molecule has 0 spiro atoms. The van der Waals surface area contributed by atoms with Gasteiger partial charge in [0.05, 0.1) is 11.0 Å². The fraction of sp³-hybridized carbons (Fsp3) is 0.300. The molecule has 0 bridgehead atoms. The zero-order valence-corrected chi connectivity index (χ0v) is 8.70. The largest absolute Gasteiger partial charge is 0.330 e. The first kappa shape index (κ1) is 9.40. The smallest absolute Gasteiger partial charge is 0.178 e. The third-order valence-corrected chi connectivity index (χ3v) is 2.51. The number of aromatic amines is 1. The summed E-state index contributed by atoms with van der Waals surface area (Å²) in [6.07, 6.45) is 1.01. The number of rotatable bonds is 2. The highest BCUT2D eigenvalue weighted by molar-refractivity contribution is 7.71. The van der Waals surface area contributed by atoms with E-state index in [0.29, 0.717) is 4.77 Å². The van der Waals surface area contributed by atoms with E-state index in [0.717, 1.165) is 24.0 Å². The van der Waals surface area contributed by atoms with Crippen LogP contribution in [0.3, 0.4) is 0 Å². The molecule has 0 fully saturated rings. The van der Waals surface area contributed by atoms with Crippen LogP contribution in [0.1, 0.15) is 13.3 Å². The maximum Gasteiger partial charge on any atom is 0.178 e. The zero-order valence-electron chi connectivity index (χ0n) is 7.88. The summed E-state index contributed by atoms with van der Waals surface area (Å²) in [4.78, 5) is 2.99. The van der Waals surface area contributed by atoms with Crippen molar-refractivity contribution in [2.75, 3.05) is 0 Å². The van der Waals surface area contributed by atoms with Gasteiger partial charge in [-0.05, 0) is 36.8 Å². The second kappa shape index (κ2) is 3.53. The van der Waals surface area contributed by atoms with E-state index < -0.39 is 0 Å². The summed E-state index contributed by atoms with van der Waals surface area (Å²) in [5.74, 6) is -0.239. The Morgan fingerprint density at radius 1 is 1.50 bits per heavy atom. The third kappa shape index (κ3) is 1.46. The van der Waals surface area contributed by atoms with Crippen LogP contribution >= 0.6 is 12.2 Å². The number of benzene rings is 1. The molecule has 0 aliphatic heterocycles. The summed E-state index contributed by atoms with van der Waals surface area (Å²) in [6.45, 7) is 2.95. The Bertz CT molecular complexity index is 512. The van der Waals surface area contributed by atoms with Crippen LogP contribution in [0.5, 0.6) is 0 Å². The van der Waals surface area contributed by atoms with Crippen LogP contribution in [0.2, 0.25) is 0 Å². The zero-order chi connectivity index (χ0) is 10.1. The number of hydrogen-bond acceptors (Lipinski definition) is 1. The Kier molecular flexibility index (Phi) is 2.37. The number of H-pyrrole nitrogens is 1. The summed E-state index contributed by atoms with van der Waals surface area (Å²) in [5, 5.41) is 0. The van der Waals surface area contributed by atoms with Gasteiger partial charge in [-0.25, -0.2) is 4.39 Å². The topological polar surface area (TPSA) is 20.7 Å². The molecule has 1 heterocycles. The first-order chi connectivity index (χ1) is 6.72. The van der Waals surface area contributed by atoms with Crippen molar-refractivity contribution in [1.82, 2.24) is 9.55 Å². The molecule has 1 aromatic carbocycles. The molecule has 1 aromatic heterocycles. The molecular weight excluding hydrogens is 199 g/mol. The Labute approximate surface area is 86.4 Å². The first-order valence-corrected chi connectivity index (χ1v) is 5.01. The van der Waals surface area contributed by atoms with Crippen LogP contribution in [-0.4, -0.2) is 9.55 Å². The van der Waals surface area contributed by atoms with E-state index in [9.17, 15) is 4.39 Å². The lowest BCUT2D eigenvalue weighted by Crippen LogP contribution is -1.95. The Balaban J connectivity index is 2.71. The summed E-state index contributed by atoms with van der Waals surface area (Å²) in [6, 6.07) is 4.68. The monoisotopic (exact) mass is 210 g/mol. The maximum atomic E-state index is 12.9. The van der Waals surface area contributed by atoms with Crippen molar-refractivity contribution < 1.29 is 4.39 Å². The maximum absolute atomic E-state index is 12.9. The third-order valence-electron chi connectivity index (χ3n) is 2.18. The molecule has 2 nitrogen and oxygen atoms in total. The van der Waals surface area contributed by atoms with Crippen LogP contribution in [-0.2, 0) is 6.54 Å². The van der Waals surface area contributed by atoms with Gasteiger partial charge in [0.15, 0.2) is 4.77 Å². The summed E-state index contributed by atoms with van der Waals surface area (Å²) >= 11 is 5.15. The lowest BCUT2D eigenvalue weighted by molar-refractivity contribution is 0.629. The molecule has 0 aliphatic rings. The Morgan fingerprint density at radius 3 is 3.00 bits per heavy atom. The van der Waals surface area contributed by atoms with E-state index in [1.807, 2.05) is 4.57 Å². The van der Waals surface area contributed by atoms with E-state index in [1.165, 1.54) is 12.1 Å². The first-order valence-electron chi connectivity index (χ1n) is 4.60. The number of nitrogens with zero attached hydrogens (tertiary/aromatic N) is 1. The Morgan fingerprint density at radius 2 is 2.29 bits per heavy atom. The van der Waals surface area contributed by atoms with Gasteiger partial charge in [-0.15, -0.1) is 0 Å². The van der Waals surface area contributed by atoms with Crippen LogP contribution in [0.4, 0.5) is 4.39 Å². The van der Waals surface area contributed by atoms with Gasteiger partial charge in [0.25, 0.3) is 0 Å². The highest BCUT2D eigenvalue weighted by atomic mass is 32.1. The summed E-state index contributed by atoms with van der Waals surface area (Å²) < 4.78 is 15.6.